The number of ether oxygens (including phenoxy) is 1. The Morgan fingerprint density at radius 2 is 1.70 bits per heavy atom. The van der Waals surface area contributed by atoms with E-state index in [2.05, 4.69) is 0 Å². The lowest BCUT2D eigenvalue weighted by molar-refractivity contribution is -0.144. The highest BCUT2D eigenvalue weighted by Crippen LogP contribution is 2.39. The monoisotopic (exact) mass is 424 g/mol. The molecule has 1 amide bonds. The maximum Gasteiger partial charge on any atom is 0.335 e. The van der Waals surface area contributed by atoms with Crippen LogP contribution in [0, 0.1) is 6.92 Å². The summed E-state index contributed by atoms with van der Waals surface area (Å²) in [4.78, 5) is 27.8. The van der Waals surface area contributed by atoms with Crippen LogP contribution >= 0.6 is 0 Å². The summed E-state index contributed by atoms with van der Waals surface area (Å²) in [5.74, 6) is -1.20. The van der Waals surface area contributed by atoms with E-state index in [0.717, 1.165) is 9.54 Å². The number of fused-ring (bicyclic) bond motifs is 2. The predicted molar refractivity (Wildman–Crippen MR) is 111 cm³/mol. The summed E-state index contributed by atoms with van der Waals surface area (Å²) >= 11 is 0. The highest BCUT2D eigenvalue weighted by Gasteiger charge is 2.43. The SMILES string of the molecule is CCOC(=O)[C@@H]1c2cccn2S(=O)(=O)c2ccccc2N1C(=O)c1ccc(C)cc1. The minimum absolute atomic E-state index is 0.0605. The summed E-state index contributed by atoms with van der Waals surface area (Å²) in [7, 11) is -4.02. The Morgan fingerprint density at radius 1 is 1.00 bits per heavy atom. The van der Waals surface area contributed by atoms with Crippen LogP contribution in [0.2, 0.25) is 0 Å². The van der Waals surface area contributed by atoms with Crippen LogP contribution in [0.5, 0.6) is 0 Å². The van der Waals surface area contributed by atoms with Crippen LogP contribution in [-0.2, 0) is 19.6 Å². The highest BCUT2D eigenvalue weighted by atomic mass is 32.2. The van der Waals surface area contributed by atoms with E-state index in [-0.39, 0.29) is 22.9 Å². The van der Waals surface area contributed by atoms with Crippen LogP contribution in [0.4, 0.5) is 5.69 Å². The molecule has 0 radical (unpaired) electrons. The van der Waals surface area contributed by atoms with E-state index >= 15 is 0 Å². The van der Waals surface area contributed by atoms with Crippen molar-refractivity contribution in [2.24, 2.45) is 0 Å². The molecule has 0 bridgehead atoms. The number of benzene rings is 2. The zero-order valence-electron chi connectivity index (χ0n) is 16.5. The van der Waals surface area contributed by atoms with E-state index in [9.17, 15) is 18.0 Å². The summed E-state index contributed by atoms with van der Waals surface area (Å²) in [6, 6.07) is 14.8. The highest BCUT2D eigenvalue weighted by molar-refractivity contribution is 7.90. The van der Waals surface area contributed by atoms with Gasteiger partial charge in [-0.3, -0.25) is 9.69 Å². The van der Waals surface area contributed by atoms with Crippen LogP contribution in [0.3, 0.4) is 0 Å². The molecule has 1 aliphatic heterocycles. The molecule has 2 aromatic carbocycles. The van der Waals surface area contributed by atoms with Crippen LogP contribution < -0.4 is 4.90 Å². The quantitative estimate of drug-likeness (QED) is 0.602. The maximum absolute atomic E-state index is 13.6. The van der Waals surface area contributed by atoms with E-state index in [1.165, 1.54) is 35.4 Å². The molecule has 0 fully saturated rings. The molecule has 30 heavy (non-hydrogen) atoms. The van der Waals surface area contributed by atoms with Crippen LogP contribution in [0.1, 0.15) is 34.6 Å². The Kier molecular flexibility index (Phi) is 4.95. The first-order valence-electron chi connectivity index (χ1n) is 9.45. The molecule has 3 aromatic rings. The molecule has 154 valence electrons. The molecule has 1 aromatic heterocycles. The molecule has 0 unspecified atom stereocenters. The lowest BCUT2D eigenvalue weighted by Gasteiger charge is -2.29. The van der Waals surface area contributed by atoms with E-state index in [4.69, 9.17) is 4.74 Å². The topological polar surface area (TPSA) is 85.7 Å². The second-order valence-electron chi connectivity index (χ2n) is 6.90. The first kappa shape index (κ1) is 19.9. The molecule has 1 aliphatic rings. The average Bonchev–Trinajstić information content (AvgIpc) is 3.19. The fraction of sp³-hybridized carbons (Fsp3) is 0.182. The Bertz CT molecular complexity index is 1230. The van der Waals surface area contributed by atoms with Gasteiger partial charge in [-0.25, -0.2) is 17.2 Å². The number of amides is 1. The van der Waals surface area contributed by atoms with Gasteiger partial charge >= 0.3 is 5.97 Å². The van der Waals surface area contributed by atoms with Crippen LogP contribution in [-0.4, -0.2) is 30.9 Å². The van der Waals surface area contributed by atoms with Gasteiger partial charge in [0.1, 0.15) is 4.90 Å². The van der Waals surface area contributed by atoms with E-state index < -0.39 is 27.9 Å². The number of esters is 1. The van der Waals surface area contributed by atoms with Crippen molar-refractivity contribution in [2.45, 2.75) is 24.8 Å². The van der Waals surface area contributed by atoms with Crippen molar-refractivity contribution in [1.82, 2.24) is 3.97 Å². The van der Waals surface area contributed by atoms with Gasteiger partial charge in [-0.15, -0.1) is 0 Å². The largest absolute Gasteiger partial charge is 0.464 e. The molecule has 0 saturated carbocycles. The number of rotatable bonds is 3. The van der Waals surface area contributed by atoms with Crippen LogP contribution in [0.15, 0.2) is 71.8 Å². The Hall–Kier alpha value is -3.39. The zero-order chi connectivity index (χ0) is 21.5. The predicted octanol–water partition coefficient (Wildman–Crippen LogP) is 3.30. The van der Waals surface area contributed by atoms with Crippen molar-refractivity contribution < 1.29 is 22.7 Å². The van der Waals surface area contributed by atoms with Gasteiger partial charge in [-0.1, -0.05) is 29.8 Å². The molecule has 2 heterocycles. The molecule has 7 nitrogen and oxygen atoms in total. The molecule has 0 saturated heterocycles. The first-order chi connectivity index (χ1) is 14.4. The average molecular weight is 424 g/mol. The van der Waals surface area contributed by atoms with Gasteiger partial charge < -0.3 is 4.74 Å². The summed E-state index contributed by atoms with van der Waals surface area (Å²) in [5.41, 5.74) is 1.58. The second kappa shape index (κ2) is 7.46. The zero-order valence-corrected chi connectivity index (χ0v) is 17.3. The fourth-order valence-electron chi connectivity index (χ4n) is 3.57. The third kappa shape index (κ3) is 3.09. The molecule has 1 atom stereocenters. The normalized spacial score (nSPS) is 16.9. The van der Waals surface area contributed by atoms with Gasteiger partial charge in [0.25, 0.3) is 15.9 Å². The molecular weight excluding hydrogens is 404 g/mol. The third-order valence-corrected chi connectivity index (χ3v) is 6.72. The minimum Gasteiger partial charge on any atom is -0.464 e. The van der Waals surface area contributed by atoms with Crippen molar-refractivity contribution in [1.29, 1.82) is 0 Å². The number of para-hydroxylation sites is 1. The molecular formula is C22H20N2O5S. The van der Waals surface area contributed by atoms with Crippen molar-refractivity contribution in [3.05, 3.63) is 83.7 Å². The number of aryl methyl sites for hydroxylation is 1. The standard InChI is InChI=1S/C22H20N2O5S/c1-3-29-22(26)20-18-8-6-14-23(18)30(27,28)19-9-5-4-7-17(19)24(20)21(25)16-12-10-15(2)11-13-16/h4-14,20H,3H2,1-2H3/t20-/m0/s1. The van der Waals surface area contributed by atoms with Crippen molar-refractivity contribution in [2.75, 3.05) is 11.5 Å². The molecule has 0 aliphatic carbocycles. The number of hydrogen-bond acceptors (Lipinski definition) is 5. The lowest BCUT2D eigenvalue weighted by atomic mass is 10.1. The van der Waals surface area contributed by atoms with E-state index in [1.54, 1.807) is 43.3 Å². The van der Waals surface area contributed by atoms with Crippen molar-refractivity contribution in [3.8, 4) is 0 Å². The van der Waals surface area contributed by atoms with Crippen molar-refractivity contribution >= 4 is 27.6 Å². The molecule has 8 heteroatoms. The fourth-order valence-corrected chi connectivity index (χ4v) is 5.13. The smallest absolute Gasteiger partial charge is 0.335 e. The number of aromatic nitrogens is 1. The van der Waals surface area contributed by atoms with Crippen LogP contribution in [0.25, 0.3) is 0 Å². The molecule has 4 rings (SSSR count). The maximum atomic E-state index is 13.6. The Morgan fingerprint density at radius 3 is 2.40 bits per heavy atom. The Labute approximate surface area is 174 Å². The van der Waals surface area contributed by atoms with Gasteiger partial charge in [0.05, 0.1) is 18.0 Å². The number of anilines is 1. The molecule has 0 spiro atoms. The summed E-state index contributed by atoms with van der Waals surface area (Å²) < 4.78 is 32.9. The third-order valence-electron chi connectivity index (χ3n) is 4.97. The lowest BCUT2D eigenvalue weighted by Crippen LogP contribution is -2.40. The summed E-state index contributed by atoms with van der Waals surface area (Å²) in [5, 5.41) is 0. The van der Waals surface area contributed by atoms with Gasteiger partial charge in [-0.2, -0.15) is 0 Å². The number of carbonyl (C=O) groups is 2. The number of hydrogen-bond donors (Lipinski definition) is 0. The molecule has 0 N–H and O–H groups in total. The summed E-state index contributed by atoms with van der Waals surface area (Å²) in [6.45, 7) is 3.65. The van der Waals surface area contributed by atoms with Gasteiger partial charge in [0, 0.05) is 11.8 Å². The first-order valence-corrected chi connectivity index (χ1v) is 10.9. The van der Waals surface area contributed by atoms with Crippen molar-refractivity contribution in [3.63, 3.8) is 0 Å². The number of nitrogens with zero attached hydrogens (tertiary/aromatic N) is 2. The Balaban J connectivity index is 2.02. The minimum atomic E-state index is -4.02. The summed E-state index contributed by atoms with van der Waals surface area (Å²) in [6.07, 6.45) is 1.37. The van der Waals surface area contributed by atoms with E-state index in [0.29, 0.717) is 5.56 Å². The number of carbonyl (C=O) groups excluding carboxylic acids is 2. The van der Waals surface area contributed by atoms with E-state index in [1.807, 2.05) is 6.92 Å². The van der Waals surface area contributed by atoms with Gasteiger partial charge in [0.2, 0.25) is 0 Å². The second-order valence-corrected chi connectivity index (χ2v) is 8.68. The van der Waals surface area contributed by atoms with Gasteiger partial charge in [0.15, 0.2) is 6.04 Å². The van der Waals surface area contributed by atoms with Gasteiger partial charge in [-0.05, 0) is 50.2 Å².